The van der Waals surface area contributed by atoms with Gasteiger partial charge in [0.15, 0.2) is 0 Å². The summed E-state index contributed by atoms with van der Waals surface area (Å²) in [4.78, 5) is 10.4. The van der Waals surface area contributed by atoms with Crippen LogP contribution in [0.4, 0.5) is 0 Å². The second kappa shape index (κ2) is 3.91. The van der Waals surface area contributed by atoms with Gasteiger partial charge in [-0.3, -0.25) is 4.79 Å². The summed E-state index contributed by atoms with van der Waals surface area (Å²) in [5, 5.41) is 17.5. The van der Waals surface area contributed by atoms with Gasteiger partial charge in [0.2, 0.25) is 0 Å². The molecule has 4 heteroatoms. The van der Waals surface area contributed by atoms with Crippen LogP contribution in [-0.2, 0) is 11.2 Å². The Hall–Kier alpha value is -1.55. The Kier molecular flexibility index (Phi) is 2.87. The first-order valence-corrected chi connectivity index (χ1v) is 3.86. The van der Waals surface area contributed by atoms with Gasteiger partial charge in [0.05, 0.1) is 0 Å². The molecule has 0 saturated heterocycles. The molecule has 0 spiro atoms. The van der Waals surface area contributed by atoms with E-state index in [-0.39, 0.29) is 12.2 Å². The zero-order valence-corrected chi connectivity index (χ0v) is 6.97. The maximum atomic E-state index is 10.4. The summed E-state index contributed by atoms with van der Waals surface area (Å²) >= 11 is 0. The van der Waals surface area contributed by atoms with E-state index in [1.807, 2.05) is 0 Å². The molecule has 70 valence electrons. The molecule has 0 aliphatic rings. The fourth-order valence-corrected chi connectivity index (χ4v) is 0.973. The molecule has 0 unspecified atom stereocenters. The molecular weight excluding hydrogens is 172 g/mol. The van der Waals surface area contributed by atoms with Crippen LogP contribution in [0.5, 0.6) is 5.75 Å². The number of hydrogen-bond donors (Lipinski definition) is 3. The number of phenolic OH excluding ortho intramolecular Hbond substituents is 1. The van der Waals surface area contributed by atoms with Gasteiger partial charge in [-0.2, -0.15) is 0 Å². The molecule has 0 saturated carbocycles. The Labute approximate surface area is 75.6 Å². The summed E-state index contributed by atoms with van der Waals surface area (Å²) in [5.41, 5.74) is 6.12. The van der Waals surface area contributed by atoms with Gasteiger partial charge < -0.3 is 15.9 Å². The van der Waals surface area contributed by atoms with E-state index in [1.54, 1.807) is 12.1 Å². The third kappa shape index (κ3) is 2.76. The van der Waals surface area contributed by atoms with Crippen molar-refractivity contribution in [1.82, 2.24) is 0 Å². The molecule has 0 radical (unpaired) electrons. The fourth-order valence-electron chi connectivity index (χ4n) is 0.973. The van der Waals surface area contributed by atoms with Crippen LogP contribution in [-0.4, -0.2) is 22.2 Å². The lowest BCUT2D eigenvalue weighted by Gasteiger charge is -2.05. The molecular formula is C9H11NO3. The molecule has 1 atom stereocenters. The summed E-state index contributed by atoms with van der Waals surface area (Å²) in [7, 11) is 0. The third-order valence-electron chi connectivity index (χ3n) is 1.71. The lowest BCUT2D eigenvalue weighted by molar-refractivity contribution is -0.138. The normalized spacial score (nSPS) is 12.4. The van der Waals surface area contributed by atoms with Gasteiger partial charge in [0, 0.05) is 0 Å². The highest BCUT2D eigenvalue weighted by atomic mass is 18.2. The summed E-state index contributed by atoms with van der Waals surface area (Å²) in [6, 6.07) is 5.42. The number of benzene rings is 1. The number of aliphatic carboxylic acids is 1. The standard InChI is InChI=1S/C9H11NO3/c10-8(9(12)13)5-6-1-3-7(11)4-2-6/h1-4,8,11H,5,10H2,(H,12,13)/t8-/m0/s1/i11+2. The van der Waals surface area contributed by atoms with Crippen LogP contribution in [0.25, 0.3) is 0 Å². The van der Waals surface area contributed by atoms with Crippen molar-refractivity contribution < 1.29 is 15.0 Å². The van der Waals surface area contributed by atoms with E-state index < -0.39 is 12.0 Å². The zero-order valence-electron chi connectivity index (χ0n) is 6.97. The van der Waals surface area contributed by atoms with Gasteiger partial charge in [0.25, 0.3) is 0 Å². The molecule has 4 N–H and O–H groups in total. The van der Waals surface area contributed by atoms with Crippen molar-refractivity contribution in [2.75, 3.05) is 0 Å². The molecule has 0 fully saturated rings. The Morgan fingerprint density at radius 1 is 1.46 bits per heavy atom. The Bertz CT molecular complexity index is 294. The molecule has 4 nitrogen and oxygen atoms in total. The Balaban J connectivity index is 2.64. The van der Waals surface area contributed by atoms with E-state index in [4.69, 9.17) is 15.9 Å². The molecule has 0 aliphatic carbocycles. The predicted molar refractivity (Wildman–Crippen MR) is 47.4 cm³/mol. The van der Waals surface area contributed by atoms with Crippen molar-refractivity contribution in [3.63, 3.8) is 0 Å². The van der Waals surface area contributed by atoms with Crippen LogP contribution < -0.4 is 5.73 Å². The molecule has 0 amide bonds. The maximum absolute atomic E-state index is 10.4. The zero-order chi connectivity index (χ0) is 9.84. The highest BCUT2D eigenvalue weighted by molar-refractivity contribution is 5.73. The van der Waals surface area contributed by atoms with Crippen LogP contribution in [0.15, 0.2) is 24.3 Å². The predicted octanol–water partition coefficient (Wildman–Crippen LogP) is 0.347. The number of carbonyl (C=O) groups is 1. The van der Waals surface area contributed by atoms with Crippen molar-refractivity contribution in [2.24, 2.45) is 5.73 Å². The van der Waals surface area contributed by atoms with Crippen LogP contribution in [0, 0.1) is 0 Å². The number of nitrogens with two attached hydrogens (primary N) is 1. The summed E-state index contributed by atoms with van der Waals surface area (Å²) < 4.78 is 0. The van der Waals surface area contributed by atoms with Gasteiger partial charge in [-0.25, -0.2) is 0 Å². The minimum atomic E-state index is -1.02. The number of carboxylic acids is 1. The number of rotatable bonds is 3. The molecule has 1 aromatic carbocycles. The summed E-state index contributed by atoms with van der Waals surface area (Å²) in [6.07, 6.45) is 0.273. The number of carboxylic acid groups (broad SMARTS) is 1. The molecule has 0 aliphatic heterocycles. The molecule has 0 heterocycles. The largest absolute Gasteiger partial charge is 0.508 e. The first-order chi connectivity index (χ1) is 6.09. The van der Waals surface area contributed by atoms with E-state index >= 15 is 0 Å². The van der Waals surface area contributed by atoms with Crippen molar-refractivity contribution in [2.45, 2.75) is 12.5 Å². The lowest BCUT2D eigenvalue weighted by Crippen LogP contribution is -2.32. The van der Waals surface area contributed by atoms with Crippen LogP contribution in [0.2, 0.25) is 0 Å². The second-order valence-corrected chi connectivity index (χ2v) is 2.82. The topological polar surface area (TPSA) is 83.5 Å². The third-order valence-corrected chi connectivity index (χ3v) is 1.71. The quantitative estimate of drug-likeness (QED) is 0.590. The van der Waals surface area contributed by atoms with Crippen LogP contribution in [0.3, 0.4) is 0 Å². The van der Waals surface area contributed by atoms with E-state index in [0.717, 1.165) is 5.56 Å². The highest BCUT2D eigenvalue weighted by Gasteiger charge is 2.11. The average molecular weight is 183 g/mol. The van der Waals surface area contributed by atoms with Gasteiger partial charge in [-0.15, -0.1) is 0 Å². The Morgan fingerprint density at radius 2 is 2.00 bits per heavy atom. The lowest BCUT2D eigenvalue weighted by atomic mass is 10.1. The molecule has 1 aromatic rings. The first-order valence-electron chi connectivity index (χ1n) is 3.86. The van der Waals surface area contributed by atoms with E-state index in [9.17, 15) is 4.79 Å². The maximum Gasteiger partial charge on any atom is 0.320 e. The smallest absolute Gasteiger partial charge is 0.320 e. The van der Waals surface area contributed by atoms with Crippen molar-refractivity contribution in [3.05, 3.63) is 29.8 Å². The van der Waals surface area contributed by atoms with E-state index in [0.29, 0.717) is 0 Å². The van der Waals surface area contributed by atoms with Crippen LogP contribution in [0.1, 0.15) is 5.56 Å². The monoisotopic (exact) mass is 183 g/mol. The van der Waals surface area contributed by atoms with E-state index in [2.05, 4.69) is 0 Å². The summed E-state index contributed by atoms with van der Waals surface area (Å²) in [5.74, 6) is -0.860. The van der Waals surface area contributed by atoms with Crippen molar-refractivity contribution >= 4 is 5.97 Å². The van der Waals surface area contributed by atoms with Gasteiger partial charge in [0.1, 0.15) is 11.8 Å². The molecule has 1 rings (SSSR count). The minimum absolute atomic E-state index is 0.160. The number of aromatic hydroxyl groups is 1. The molecule has 0 aromatic heterocycles. The minimum Gasteiger partial charge on any atom is -0.508 e. The average Bonchev–Trinajstić information content (AvgIpc) is 2.08. The summed E-state index contributed by atoms with van der Waals surface area (Å²) in [6.45, 7) is 0. The molecule has 0 bridgehead atoms. The SMILES string of the molecule is N[C@@H](Cc1ccc([18OH])cc1)C(=O)O. The highest BCUT2D eigenvalue weighted by Crippen LogP contribution is 2.10. The Morgan fingerprint density at radius 3 is 2.46 bits per heavy atom. The number of hydrogen-bond acceptors (Lipinski definition) is 3. The molecule has 13 heavy (non-hydrogen) atoms. The van der Waals surface area contributed by atoms with Gasteiger partial charge in [-0.1, -0.05) is 12.1 Å². The van der Waals surface area contributed by atoms with Crippen molar-refractivity contribution in [3.8, 4) is 5.75 Å². The van der Waals surface area contributed by atoms with Gasteiger partial charge in [-0.05, 0) is 24.1 Å². The second-order valence-electron chi connectivity index (χ2n) is 2.82. The van der Waals surface area contributed by atoms with E-state index in [1.165, 1.54) is 12.1 Å². The van der Waals surface area contributed by atoms with Gasteiger partial charge >= 0.3 is 5.97 Å². The van der Waals surface area contributed by atoms with Crippen molar-refractivity contribution in [1.29, 1.82) is 0 Å². The number of phenols is 1. The first kappa shape index (κ1) is 9.54. The fraction of sp³-hybridized carbons (Fsp3) is 0.222. The van der Waals surface area contributed by atoms with Crippen LogP contribution >= 0.6 is 0 Å².